The molecule has 0 aliphatic carbocycles. The fourth-order valence-corrected chi connectivity index (χ4v) is 9.21. The minimum Gasteiger partial charge on any atom is -0.456 e. The Morgan fingerprint density at radius 1 is 0.270 bits per heavy atom. The molecule has 0 saturated carbocycles. The van der Waals surface area contributed by atoms with Crippen LogP contribution >= 0.6 is 0 Å². The number of benzene rings is 9. The molecule has 0 saturated heterocycles. The molecule has 9 aromatic carbocycles. The Morgan fingerprint density at radius 2 is 0.667 bits per heavy atom. The number of hydrogen-bond donors (Lipinski definition) is 0. The van der Waals surface area contributed by atoms with Gasteiger partial charge in [0, 0.05) is 54.7 Å². The summed E-state index contributed by atoms with van der Waals surface area (Å²) in [5, 5.41) is 6.82. The molecular formula is C57H34N4O2. The molecule has 0 spiro atoms. The first-order valence-electron chi connectivity index (χ1n) is 21.1. The van der Waals surface area contributed by atoms with E-state index in [1.165, 1.54) is 10.8 Å². The molecule has 0 N–H and O–H groups in total. The van der Waals surface area contributed by atoms with Crippen LogP contribution in [0.4, 0.5) is 0 Å². The van der Waals surface area contributed by atoms with Crippen molar-refractivity contribution < 1.29 is 8.83 Å². The lowest BCUT2D eigenvalue weighted by molar-refractivity contribution is 0.668. The van der Waals surface area contributed by atoms with Gasteiger partial charge < -0.3 is 13.4 Å². The third-order valence-corrected chi connectivity index (χ3v) is 12.2. The second-order valence-electron chi connectivity index (χ2n) is 16.0. The number of hydrogen-bond acceptors (Lipinski definition) is 5. The van der Waals surface area contributed by atoms with Crippen molar-refractivity contribution in [2.75, 3.05) is 0 Å². The van der Waals surface area contributed by atoms with E-state index in [-0.39, 0.29) is 0 Å². The molecule has 0 atom stereocenters. The van der Waals surface area contributed by atoms with Crippen molar-refractivity contribution >= 4 is 65.7 Å². The normalized spacial score (nSPS) is 11.8. The summed E-state index contributed by atoms with van der Waals surface area (Å²) in [7, 11) is 0. The molecule has 0 amide bonds. The van der Waals surface area contributed by atoms with Crippen LogP contribution in [0.5, 0.6) is 0 Å². The van der Waals surface area contributed by atoms with Crippen LogP contribution < -0.4 is 0 Å². The lowest BCUT2D eigenvalue weighted by atomic mass is 9.94. The summed E-state index contributed by atoms with van der Waals surface area (Å²) in [6.07, 6.45) is 0. The first kappa shape index (κ1) is 35.2. The van der Waals surface area contributed by atoms with E-state index in [9.17, 15) is 0 Å². The highest BCUT2D eigenvalue weighted by Crippen LogP contribution is 2.39. The van der Waals surface area contributed by atoms with Gasteiger partial charge in [-0.25, -0.2) is 15.0 Å². The fraction of sp³-hybridized carbons (Fsp3) is 0. The summed E-state index contributed by atoms with van der Waals surface area (Å²) >= 11 is 0. The van der Waals surface area contributed by atoms with Gasteiger partial charge in [0.05, 0.1) is 11.0 Å². The van der Waals surface area contributed by atoms with Crippen LogP contribution in [0.1, 0.15) is 0 Å². The molecule has 4 aromatic heterocycles. The first-order valence-corrected chi connectivity index (χ1v) is 21.1. The van der Waals surface area contributed by atoms with Crippen molar-refractivity contribution in [1.82, 2.24) is 19.5 Å². The van der Waals surface area contributed by atoms with E-state index >= 15 is 0 Å². The Bertz CT molecular complexity index is 3730. The summed E-state index contributed by atoms with van der Waals surface area (Å²) in [4.78, 5) is 15.6. The molecular weight excluding hydrogens is 773 g/mol. The predicted octanol–water partition coefficient (Wildman–Crippen LogP) is 15.1. The molecule has 6 nitrogen and oxygen atoms in total. The van der Waals surface area contributed by atoms with Gasteiger partial charge in [-0.1, -0.05) is 115 Å². The lowest BCUT2D eigenvalue weighted by Crippen LogP contribution is -2.01. The molecule has 6 heteroatoms. The average molecular weight is 807 g/mol. The lowest BCUT2D eigenvalue weighted by Gasteiger charge is -2.13. The maximum Gasteiger partial charge on any atom is 0.164 e. The van der Waals surface area contributed by atoms with Crippen LogP contribution in [0.25, 0.3) is 128 Å². The van der Waals surface area contributed by atoms with Crippen molar-refractivity contribution in [3.8, 4) is 62.1 Å². The number of para-hydroxylation sites is 4. The van der Waals surface area contributed by atoms with Gasteiger partial charge in [-0.15, -0.1) is 0 Å². The van der Waals surface area contributed by atoms with E-state index in [1.54, 1.807) is 0 Å². The van der Waals surface area contributed by atoms with Gasteiger partial charge >= 0.3 is 0 Å². The maximum absolute atomic E-state index is 6.38. The Kier molecular flexibility index (Phi) is 7.80. The second-order valence-corrected chi connectivity index (χ2v) is 16.0. The standard InChI is InChI=1S/C57H34N4O2/c1-2-12-35(13-3-1)55-58-56(36-22-26-42(27-23-36)61-49-18-8-4-14-43(49)44-15-5-9-19-50(44)61)60-57(59-55)41-31-39(37-24-28-47-45-16-6-10-20-51(45)62-53(47)33-37)30-40(32-41)38-25-29-48-46-17-7-11-21-52(46)63-54(48)34-38/h1-34H. The van der Waals surface area contributed by atoms with E-state index in [2.05, 4.69) is 144 Å². The molecule has 4 heterocycles. The molecule has 13 aromatic rings. The minimum absolute atomic E-state index is 0.572. The van der Waals surface area contributed by atoms with Crippen molar-refractivity contribution in [3.63, 3.8) is 0 Å². The smallest absolute Gasteiger partial charge is 0.164 e. The summed E-state index contributed by atoms with van der Waals surface area (Å²) in [6.45, 7) is 0. The van der Waals surface area contributed by atoms with Gasteiger partial charge in [0.1, 0.15) is 22.3 Å². The zero-order valence-electron chi connectivity index (χ0n) is 33.7. The maximum atomic E-state index is 6.38. The van der Waals surface area contributed by atoms with Crippen molar-refractivity contribution in [2.45, 2.75) is 0 Å². The van der Waals surface area contributed by atoms with Gasteiger partial charge in [0.15, 0.2) is 17.5 Å². The SMILES string of the molecule is c1ccc(-c2nc(-c3ccc(-n4c5ccccc5c5ccccc54)cc3)nc(-c3cc(-c4ccc5c(c4)oc4ccccc45)cc(-c4ccc5c(c4)oc4ccccc45)c3)n2)cc1. The predicted molar refractivity (Wildman–Crippen MR) is 256 cm³/mol. The third-order valence-electron chi connectivity index (χ3n) is 12.2. The first-order chi connectivity index (χ1) is 31.2. The highest BCUT2D eigenvalue weighted by atomic mass is 16.3. The Morgan fingerprint density at radius 3 is 1.21 bits per heavy atom. The summed E-state index contributed by atoms with van der Waals surface area (Å²) in [5.41, 5.74) is 13.5. The van der Waals surface area contributed by atoms with Crippen LogP contribution in [0.15, 0.2) is 215 Å². The van der Waals surface area contributed by atoms with Crippen LogP contribution in [-0.4, -0.2) is 19.5 Å². The molecule has 0 unspecified atom stereocenters. The molecule has 63 heavy (non-hydrogen) atoms. The Hall–Kier alpha value is -8.61. The fourth-order valence-electron chi connectivity index (χ4n) is 9.21. The molecule has 0 aliphatic heterocycles. The zero-order chi connectivity index (χ0) is 41.4. The van der Waals surface area contributed by atoms with Crippen LogP contribution in [0, 0.1) is 0 Å². The Balaban J connectivity index is 0.987. The van der Waals surface area contributed by atoms with Gasteiger partial charge in [0.25, 0.3) is 0 Å². The van der Waals surface area contributed by atoms with Crippen LogP contribution in [0.2, 0.25) is 0 Å². The average Bonchev–Trinajstić information content (AvgIpc) is 4.03. The summed E-state index contributed by atoms with van der Waals surface area (Å²) in [5.74, 6) is 1.76. The highest BCUT2D eigenvalue weighted by molar-refractivity contribution is 6.10. The van der Waals surface area contributed by atoms with E-state index in [4.69, 9.17) is 23.8 Å². The van der Waals surface area contributed by atoms with Crippen molar-refractivity contribution in [1.29, 1.82) is 0 Å². The van der Waals surface area contributed by atoms with E-state index in [0.717, 1.165) is 99.5 Å². The van der Waals surface area contributed by atoms with E-state index in [1.807, 2.05) is 66.7 Å². The quantitative estimate of drug-likeness (QED) is 0.167. The van der Waals surface area contributed by atoms with E-state index in [0.29, 0.717) is 17.5 Å². The number of rotatable bonds is 6. The van der Waals surface area contributed by atoms with Gasteiger partial charge in [-0.05, 0) is 113 Å². The molecule has 0 radical (unpaired) electrons. The topological polar surface area (TPSA) is 69.9 Å². The summed E-state index contributed by atoms with van der Waals surface area (Å²) in [6, 6.07) is 71.6. The van der Waals surface area contributed by atoms with Gasteiger partial charge in [-0.2, -0.15) is 0 Å². The number of fused-ring (bicyclic) bond motifs is 9. The molecule has 0 bridgehead atoms. The van der Waals surface area contributed by atoms with Crippen molar-refractivity contribution in [2.24, 2.45) is 0 Å². The minimum atomic E-state index is 0.572. The molecule has 0 aliphatic rings. The number of furan rings is 2. The molecule has 0 fully saturated rings. The zero-order valence-corrected chi connectivity index (χ0v) is 33.7. The van der Waals surface area contributed by atoms with Crippen LogP contribution in [0.3, 0.4) is 0 Å². The van der Waals surface area contributed by atoms with Crippen LogP contribution in [-0.2, 0) is 0 Å². The van der Waals surface area contributed by atoms with E-state index < -0.39 is 0 Å². The van der Waals surface area contributed by atoms with Gasteiger partial charge in [0.2, 0.25) is 0 Å². The monoisotopic (exact) mass is 806 g/mol. The number of aromatic nitrogens is 4. The second kappa shape index (κ2) is 14.0. The van der Waals surface area contributed by atoms with Crippen molar-refractivity contribution in [3.05, 3.63) is 206 Å². The molecule has 294 valence electrons. The highest BCUT2D eigenvalue weighted by Gasteiger charge is 2.18. The van der Waals surface area contributed by atoms with Gasteiger partial charge in [-0.3, -0.25) is 0 Å². The third kappa shape index (κ3) is 5.84. The largest absolute Gasteiger partial charge is 0.456 e. The number of nitrogens with zero attached hydrogens (tertiary/aromatic N) is 4. The molecule has 13 rings (SSSR count). The Labute approximate surface area is 361 Å². The summed E-state index contributed by atoms with van der Waals surface area (Å²) < 4.78 is 15.1.